The molecule has 0 saturated carbocycles. The van der Waals surface area contributed by atoms with E-state index in [-0.39, 0.29) is 29.2 Å². The fourth-order valence-corrected chi connectivity index (χ4v) is 1.55. The first-order chi connectivity index (χ1) is 9.40. The molecule has 8 heteroatoms. The van der Waals surface area contributed by atoms with E-state index in [4.69, 9.17) is 22.4 Å². The maximum atomic E-state index is 11.5. The molecule has 0 aromatic heterocycles. The van der Waals surface area contributed by atoms with Crippen LogP contribution in [-0.2, 0) is 4.79 Å². The normalized spacial score (nSPS) is 9.85. The summed E-state index contributed by atoms with van der Waals surface area (Å²) in [6.07, 6.45) is 0.598. The van der Waals surface area contributed by atoms with E-state index in [0.29, 0.717) is 6.42 Å². The largest absolute Gasteiger partial charge is 0.478 e. The van der Waals surface area contributed by atoms with Crippen LogP contribution in [0.15, 0.2) is 18.2 Å². The maximum absolute atomic E-state index is 11.5. The summed E-state index contributed by atoms with van der Waals surface area (Å²) in [6.45, 7) is 0.269. The number of amides is 3. The van der Waals surface area contributed by atoms with Gasteiger partial charge in [-0.25, -0.2) is 9.59 Å². The van der Waals surface area contributed by atoms with Crippen molar-refractivity contribution in [1.29, 1.82) is 0 Å². The number of rotatable bonds is 6. The number of primary amides is 1. The summed E-state index contributed by atoms with van der Waals surface area (Å²) in [6, 6.07) is 3.43. The number of aromatic carboxylic acids is 1. The van der Waals surface area contributed by atoms with Crippen molar-refractivity contribution in [3.05, 3.63) is 28.8 Å². The lowest BCUT2D eigenvalue weighted by Crippen LogP contribution is -2.30. The van der Waals surface area contributed by atoms with Crippen LogP contribution in [0.5, 0.6) is 0 Å². The van der Waals surface area contributed by atoms with E-state index in [0.717, 1.165) is 0 Å². The molecule has 7 nitrogen and oxygen atoms in total. The van der Waals surface area contributed by atoms with E-state index >= 15 is 0 Å². The number of carboxylic acids is 1. The Labute approximate surface area is 120 Å². The van der Waals surface area contributed by atoms with Gasteiger partial charge >= 0.3 is 12.0 Å². The van der Waals surface area contributed by atoms with Gasteiger partial charge in [0.25, 0.3) is 0 Å². The van der Waals surface area contributed by atoms with E-state index in [9.17, 15) is 14.4 Å². The zero-order valence-electron chi connectivity index (χ0n) is 10.5. The van der Waals surface area contributed by atoms with Crippen molar-refractivity contribution in [1.82, 2.24) is 5.32 Å². The molecule has 5 N–H and O–H groups in total. The van der Waals surface area contributed by atoms with Crippen LogP contribution in [0.25, 0.3) is 0 Å². The van der Waals surface area contributed by atoms with E-state index in [1.807, 2.05) is 0 Å². The fourth-order valence-electron chi connectivity index (χ4n) is 1.39. The summed E-state index contributed by atoms with van der Waals surface area (Å²) in [5, 5.41) is 14.0. The lowest BCUT2D eigenvalue weighted by molar-refractivity contribution is -0.118. The number of carbonyl (C=O) groups is 3. The lowest BCUT2D eigenvalue weighted by Gasteiger charge is -2.09. The molecular weight excluding hydrogens is 286 g/mol. The minimum atomic E-state index is -1.12. The molecule has 0 aliphatic heterocycles. The predicted molar refractivity (Wildman–Crippen MR) is 73.9 cm³/mol. The number of nitrogens with one attached hydrogen (secondary N) is 2. The highest BCUT2D eigenvalue weighted by Gasteiger charge is 2.09. The molecule has 0 saturated heterocycles. The zero-order valence-corrected chi connectivity index (χ0v) is 11.2. The minimum Gasteiger partial charge on any atom is -0.478 e. The van der Waals surface area contributed by atoms with E-state index in [2.05, 4.69) is 10.6 Å². The molecule has 1 rings (SSSR count). The number of nitrogens with two attached hydrogens (primary N) is 1. The van der Waals surface area contributed by atoms with Crippen molar-refractivity contribution < 1.29 is 19.5 Å². The molecule has 0 aliphatic carbocycles. The van der Waals surface area contributed by atoms with Crippen molar-refractivity contribution in [3.63, 3.8) is 0 Å². The number of carbonyl (C=O) groups excluding carboxylic acids is 2. The van der Waals surface area contributed by atoms with E-state index in [1.54, 1.807) is 0 Å². The Morgan fingerprint density at radius 2 is 2.00 bits per heavy atom. The van der Waals surface area contributed by atoms with Crippen LogP contribution in [-0.4, -0.2) is 29.6 Å². The van der Waals surface area contributed by atoms with Crippen LogP contribution < -0.4 is 16.4 Å². The lowest BCUT2D eigenvalue weighted by atomic mass is 10.2. The molecule has 0 spiro atoms. The van der Waals surface area contributed by atoms with Crippen LogP contribution in [0.4, 0.5) is 10.5 Å². The third-order valence-electron chi connectivity index (χ3n) is 2.35. The van der Waals surface area contributed by atoms with Gasteiger partial charge in [-0.3, -0.25) is 4.79 Å². The molecular formula is C12H14ClN3O4. The smallest absolute Gasteiger partial charge is 0.335 e. The topological polar surface area (TPSA) is 122 Å². The molecule has 0 bridgehead atoms. The first kappa shape index (κ1) is 15.8. The second-order valence-corrected chi connectivity index (χ2v) is 4.36. The number of hydrogen-bond donors (Lipinski definition) is 4. The number of carboxylic acid groups (broad SMARTS) is 1. The maximum Gasteiger partial charge on any atom is 0.335 e. The van der Waals surface area contributed by atoms with Gasteiger partial charge in [0.05, 0.1) is 16.3 Å². The summed E-state index contributed by atoms with van der Waals surface area (Å²) < 4.78 is 0. The summed E-state index contributed by atoms with van der Waals surface area (Å²) in [7, 11) is 0. The van der Waals surface area contributed by atoms with Gasteiger partial charge in [-0.05, 0) is 24.6 Å². The fraction of sp³-hybridized carbons (Fsp3) is 0.250. The Morgan fingerprint density at radius 1 is 1.30 bits per heavy atom. The number of halogens is 1. The summed E-state index contributed by atoms with van der Waals surface area (Å²) in [5.41, 5.74) is 5.16. The van der Waals surface area contributed by atoms with Gasteiger partial charge in [-0.15, -0.1) is 0 Å². The molecule has 0 radical (unpaired) electrons. The highest BCUT2D eigenvalue weighted by atomic mass is 35.5. The van der Waals surface area contributed by atoms with Crippen LogP contribution in [0.1, 0.15) is 23.2 Å². The molecule has 108 valence electrons. The van der Waals surface area contributed by atoms with Gasteiger partial charge in [0.2, 0.25) is 5.91 Å². The summed E-state index contributed by atoms with van der Waals surface area (Å²) in [5.74, 6) is -1.56. The van der Waals surface area contributed by atoms with Gasteiger partial charge in [0.15, 0.2) is 0 Å². The van der Waals surface area contributed by atoms with Crippen LogP contribution in [0.3, 0.4) is 0 Å². The van der Waals surface area contributed by atoms with Crippen molar-refractivity contribution in [3.8, 4) is 0 Å². The Hall–Kier alpha value is -2.28. The molecule has 1 aromatic carbocycles. The quantitative estimate of drug-likeness (QED) is 0.593. The van der Waals surface area contributed by atoms with Crippen molar-refractivity contribution in [2.24, 2.45) is 5.73 Å². The molecule has 3 amide bonds. The van der Waals surface area contributed by atoms with Crippen molar-refractivity contribution >= 4 is 35.2 Å². The molecule has 1 aromatic rings. The van der Waals surface area contributed by atoms with Gasteiger partial charge in [0, 0.05) is 13.0 Å². The van der Waals surface area contributed by atoms with Crippen LogP contribution in [0.2, 0.25) is 5.02 Å². The Kier molecular flexibility index (Phi) is 5.79. The van der Waals surface area contributed by atoms with Gasteiger partial charge < -0.3 is 21.5 Å². The number of hydrogen-bond acceptors (Lipinski definition) is 3. The average Bonchev–Trinajstić information content (AvgIpc) is 2.37. The molecule has 0 heterocycles. The Bertz CT molecular complexity index is 533. The van der Waals surface area contributed by atoms with E-state index < -0.39 is 17.9 Å². The number of anilines is 1. The first-order valence-electron chi connectivity index (χ1n) is 5.76. The third kappa shape index (κ3) is 5.15. The van der Waals surface area contributed by atoms with E-state index in [1.165, 1.54) is 18.2 Å². The zero-order chi connectivity index (χ0) is 15.1. The van der Waals surface area contributed by atoms with Gasteiger partial charge in [-0.1, -0.05) is 11.6 Å². The highest BCUT2D eigenvalue weighted by molar-refractivity contribution is 6.33. The minimum absolute atomic E-state index is 0.0124. The van der Waals surface area contributed by atoms with Crippen LogP contribution in [0, 0.1) is 0 Å². The Balaban J connectivity index is 2.55. The Morgan fingerprint density at radius 3 is 2.60 bits per heavy atom. The molecule has 20 heavy (non-hydrogen) atoms. The third-order valence-corrected chi connectivity index (χ3v) is 2.68. The summed E-state index contributed by atoms with van der Waals surface area (Å²) >= 11 is 5.85. The van der Waals surface area contributed by atoms with Crippen molar-refractivity contribution in [2.45, 2.75) is 12.8 Å². The second kappa shape index (κ2) is 7.34. The predicted octanol–water partition coefficient (Wildman–Crippen LogP) is 1.43. The number of benzene rings is 1. The standard InChI is InChI=1S/C12H14ClN3O4/c13-8-4-3-7(11(18)19)6-9(8)16-12(20)15-5-1-2-10(14)17/h3-4,6H,1-2,5H2,(H2,14,17)(H,18,19)(H2,15,16,20). The van der Waals surface area contributed by atoms with Gasteiger partial charge in [-0.2, -0.15) is 0 Å². The SMILES string of the molecule is NC(=O)CCCNC(=O)Nc1cc(C(=O)O)ccc1Cl. The molecule has 0 unspecified atom stereocenters. The highest BCUT2D eigenvalue weighted by Crippen LogP contribution is 2.22. The van der Waals surface area contributed by atoms with Crippen LogP contribution >= 0.6 is 11.6 Å². The molecule has 0 fully saturated rings. The van der Waals surface area contributed by atoms with Gasteiger partial charge in [0.1, 0.15) is 0 Å². The second-order valence-electron chi connectivity index (χ2n) is 3.95. The average molecular weight is 300 g/mol. The molecule has 0 aliphatic rings. The first-order valence-corrected chi connectivity index (χ1v) is 6.14. The van der Waals surface area contributed by atoms with Crippen molar-refractivity contribution in [2.75, 3.05) is 11.9 Å². The number of urea groups is 1. The monoisotopic (exact) mass is 299 g/mol. The molecule has 0 atom stereocenters. The summed E-state index contributed by atoms with van der Waals surface area (Å²) in [4.78, 5) is 32.9.